The molecule has 0 unspecified atom stereocenters. The van der Waals surface area contributed by atoms with Crippen molar-refractivity contribution in [1.82, 2.24) is 9.97 Å². The zero-order chi connectivity index (χ0) is 9.80. The summed E-state index contributed by atoms with van der Waals surface area (Å²) >= 11 is 0. The molecular weight excluding hydrogens is 178 g/mol. The van der Waals surface area contributed by atoms with Crippen molar-refractivity contribution in [1.29, 1.82) is 0 Å². The highest BCUT2D eigenvalue weighted by atomic mass is 16.3. The molecule has 0 amide bonds. The molecule has 0 aliphatic heterocycles. The summed E-state index contributed by atoms with van der Waals surface area (Å²) in [6.07, 6.45) is 6.91. The van der Waals surface area contributed by atoms with E-state index in [1.165, 1.54) is 0 Å². The van der Waals surface area contributed by atoms with Gasteiger partial charge in [0.25, 0.3) is 0 Å². The van der Waals surface area contributed by atoms with Crippen molar-refractivity contribution >= 4 is 5.95 Å². The number of aromatic nitrogens is 2. The minimum absolute atomic E-state index is 0.636. The second-order valence-electron chi connectivity index (χ2n) is 3.07. The molecule has 0 radical (unpaired) electrons. The number of hydrogen-bond donors (Lipinski definition) is 1. The third-order valence-corrected chi connectivity index (χ3v) is 1.81. The van der Waals surface area contributed by atoms with E-state index in [1.54, 1.807) is 24.9 Å². The number of nitrogens with zero attached hydrogens (tertiary/aromatic N) is 2. The molecule has 2 rings (SSSR count). The van der Waals surface area contributed by atoms with Gasteiger partial charge in [0.05, 0.1) is 12.5 Å². The first-order chi connectivity index (χ1) is 6.84. The van der Waals surface area contributed by atoms with Crippen molar-refractivity contribution in [2.24, 2.45) is 0 Å². The fraction of sp³-hybridized carbons (Fsp3) is 0.200. The number of anilines is 1. The zero-order valence-corrected chi connectivity index (χ0v) is 7.90. The monoisotopic (exact) mass is 189 g/mol. The van der Waals surface area contributed by atoms with Gasteiger partial charge in [-0.3, -0.25) is 0 Å². The first-order valence-corrected chi connectivity index (χ1v) is 4.38. The molecule has 0 saturated heterocycles. The van der Waals surface area contributed by atoms with Crippen LogP contribution in [-0.4, -0.2) is 9.97 Å². The topological polar surface area (TPSA) is 51.0 Å². The summed E-state index contributed by atoms with van der Waals surface area (Å²) in [5, 5.41) is 3.09. The summed E-state index contributed by atoms with van der Waals surface area (Å²) in [4.78, 5) is 8.25. The summed E-state index contributed by atoms with van der Waals surface area (Å²) < 4.78 is 4.94. The van der Waals surface area contributed by atoms with Crippen molar-refractivity contribution in [2.45, 2.75) is 13.5 Å². The maximum Gasteiger partial charge on any atom is 0.222 e. The van der Waals surface area contributed by atoms with Crippen molar-refractivity contribution < 1.29 is 4.42 Å². The molecule has 0 atom stereocenters. The molecule has 2 aromatic heterocycles. The highest BCUT2D eigenvalue weighted by molar-refractivity contribution is 5.26. The SMILES string of the molecule is Cc1cnc(NCc2ccoc2)nc1. The largest absolute Gasteiger partial charge is 0.472 e. The fourth-order valence-corrected chi connectivity index (χ4v) is 1.06. The van der Waals surface area contributed by atoms with E-state index in [2.05, 4.69) is 15.3 Å². The lowest BCUT2D eigenvalue weighted by atomic mass is 10.3. The lowest BCUT2D eigenvalue weighted by molar-refractivity contribution is 0.564. The van der Waals surface area contributed by atoms with Crippen molar-refractivity contribution in [3.8, 4) is 0 Å². The maximum absolute atomic E-state index is 4.94. The summed E-state index contributed by atoms with van der Waals surface area (Å²) in [5.74, 6) is 0.636. The van der Waals surface area contributed by atoms with Gasteiger partial charge in [-0.15, -0.1) is 0 Å². The Balaban J connectivity index is 1.95. The van der Waals surface area contributed by atoms with Gasteiger partial charge in [-0.25, -0.2) is 9.97 Å². The number of aryl methyl sites for hydroxylation is 1. The average Bonchev–Trinajstić information content (AvgIpc) is 2.70. The minimum atomic E-state index is 0.636. The third-order valence-electron chi connectivity index (χ3n) is 1.81. The maximum atomic E-state index is 4.94. The average molecular weight is 189 g/mol. The highest BCUT2D eigenvalue weighted by Crippen LogP contribution is 2.04. The van der Waals surface area contributed by atoms with Gasteiger partial charge in [-0.05, 0) is 18.6 Å². The molecule has 0 bridgehead atoms. The Hall–Kier alpha value is -1.84. The molecule has 2 heterocycles. The number of nitrogens with one attached hydrogen (secondary N) is 1. The van der Waals surface area contributed by atoms with Crippen LogP contribution in [0.5, 0.6) is 0 Å². The van der Waals surface area contributed by atoms with Crippen LogP contribution < -0.4 is 5.32 Å². The van der Waals surface area contributed by atoms with E-state index < -0.39 is 0 Å². The number of hydrogen-bond acceptors (Lipinski definition) is 4. The van der Waals surface area contributed by atoms with Gasteiger partial charge in [0, 0.05) is 24.5 Å². The van der Waals surface area contributed by atoms with E-state index in [1.807, 2.05) is 13.0 Å². The Bertz CT molecular complexity index is 380. The summed E-state index contributed by atoms with van der Waals surface area (Å²) in [6, 6.07) is 1.90. The van der Waals surface area contributed by atoms with E-state index in [0.29, 0.717) is 12.5 Å². The van der Waals surface area contributed by atoms with Gasteiger partial charge in [-0.1, -0.05) is 0 Å². The smallest absolute Gasteiger partial charge is 0.222 e. The number of rotatable bonds is 3. The van der Waals surface area contributed by atoms with Gasteiger partial charge in [0.2, 0.25) is 5.95 Å². The van der Waals surface area contributed by atoms with Crippen molar-refractivity contribution in [3.63, 3.8) is 0 Å². The van der Waals surface area contributed by atoms with E-state index in [-0.39, 0.29) is 0 Å². The third kappa shape index (κ3) is 2.10. The predicted octanol–water partition coefficient (Wildman–Crippen LogP) is 1.99. The lowest BCUT2D eigenvalue weighted by Crippen LogP contribution is -2.02. The molecule has 0 aromatic carbocycles. The summed E-state index contributed by atoms with van der Waals surface area (Å²) in [7, 11) is 0. The molecule has 4 heteroatoms. The van der Waals surface area contributed by atoms with E-state index in [9.17, 15) is 0 Å². The van der Waals surface area contributed by atoms with Crippen LogP contribution in [0.3, 0.4) is 0 Å². The zero-order valence-electron chi connectivity index (χ0n) is 7.90. The van der Waals surface area contributed by atoms with Crippen LogP contribution in [0.1, 0.15) is 11.1 Å². The van der Waals surface area contributed by atoms with E-state index in [4.69, 9.17) is 4.42 Å². The Kier molecular flexibility index (Phi) is 2.44. The van der Waals surface area contributed by atoms with Gasteiger partial charge < -0.3 is 9.73 Å². The van der Waals surface area contributed by atoms with Crippen LogP contribution in [0, 0.1) is 6.92 Å². The summed E-state index contributed by atoms with van der Waals surface area (Å²) in [5.41, 5.74) is 2.13. The van der Waals surface area contributed by atoms with Crippen LogP contribution in [-0.2, 0) is 6.54 Å². The fourth-order valence-electron chi connectivity index (χ4n) is 1.06. The molecule has 0 spiro atoms. The van der Waals surface area contributed by atoms with E-state index >= 15 is 0 Å². The molecule has 14 heavy (non-hydrogen) atoms. The Morgan fingerprint density at radius 2 is 2.14 bits per heavy atom. The molecule has 0 aliphatic rings. The molecule has 0 saturated carbocycles. The molecule has 2 aromatic rings. The molecular formula is C10H11N3O. The van der Waals surface area contributed by atoms with Crippen LogP contribution in [0.2, 0.25) is 0 Å². The Labute approximate surface area is 82.0 Å². The second kappa shape index (κ2) is 3.91. The Morgan fingerprint density at radius 1 is 1.36 bits per heavy atom. The Morgan fingerprint density at radius 3 is 2.79 bits per heavy atom. The first-order valence-electron chi connectivity index (χ1n) is 4.38. The molecule has 0 aliphatic carbocycles. The standard InChI is InChI=1S/C10H11N3O/c1-8-4-11-10(12-5-8)13-6-9-2-3-14-7-9/h2-5,7H,6H2,1H3,(H,11,12,13). The van der Waals surface area contributed by atoms with Crippen molar-refractivity contribution in [2.75, 3.05) is 5.32 Å². The molecule has 72 valence electrons. The predicted molar refractivity (Wildman–Crippen MR) is 52.8 cm³/mol. The van der Waals surface area contributed by atoms with Gasteiger partial charge in [0.1, 0.15) is 0 Å². The van der Waals surface area contributed by atoms with Gasteiger partial charge in [0.15, 0.2) is 0 Å². The van der Waals surface area contributed by atoms with Crippen LogP contribution >= 0.6 is 0 Å². The van der Waals surface area contributed by atoms with E-state index in [0.717, 1.165) is 11.1 Å². The number of furan rings is 1. The first kappa shape index (κ1) is 8.74. The minimum Gasteiger partial charge on any atom is -0.472 e. The van der Waals surface area contributed by atoms with Gasteiger partial charge in [-0.2, -0.15) is 0 Å². The summed E-state index contributed by atoms with van der Waals surface area (Å²) in [6.45, 7) is 2.64. The molecule has 1 N–H and O–H groups in total. The lowest BCUT2D eigenvalue weighted by Gasteiger charge is -2.01. The molecule has 0 fully saturated rings. The van der Waals surface area contributed by atoms with Crippen LogP contribution in [0.15, 0.2) is 35.4 Å². The second-order valence-corrected chi connectivity index (χ2v) is 3.07. The van der Waals surface area contributed by atoms with Gasteiger partial charge >= 0.3 is 0 Å². The quantitative estimate of drug-likeness (QED) is 0.802. The van der Waals surface area contributed by atoms with Crippen LogP contribution in [0.4, 0.5) is 5.95 Å². The highest BCUT2D eigenvalue weighted by Gasteiger charge is 1.96. The van der Waals surface area contributed by atoms with Crippen LogP contribution in [0.25, 0.3) is 0 Å². The molecule has 4 nitrogen and oxygen atoms in total. The normalized spacial score (nSPS) is 10.1. The van der Waals surface area contributed by atoms with Crippen molar-refractivity contribution in [3.05, 3.63) is 42.1 Å².